The molecule has 0 amide bonds. The molecule has 0 atom stereocenters. The standard InChI is InChI=1S/C78H50N4/c1-7-21-51(22-8-1)55-37-41-71(65(45-55)53-25-11-3-12-26-53)79(57-29-15-5-16-30-57)59-39-43-73-67(47-59)61-33-19-35-63-69-50-76-70(49-75(69)81(73)77(61)63)64-36-20-34-62-68-48-60(40-44-74(68)82(76)78(62)64)80(58-31-17-6-18-32-58)72-42-38-56(52-23-9-2-10-24-52)46-66(72)54-27-13-4-14-28-54/h1-50H. The minimum absolute atomic E-state index is 1.10. The number of aromatic nitrogens is 2. The molecule has 0 bridgehead atoms. The molecule has 0 fully saturated rings. The maximum Gasteiger partial charge on any atom is 0.0620 e. The van der Waals surface area contributed by atoms with E-state index in [0.717, 1.165) is 34.1 Å². The summed E-state index contributed by atoms with van der Waals surface area (Å²) in [5.74, 6) is 0. The van der Waals surface area contributed by atoms with Gasteiger partial charge in [-0.25, -0.2) is 0 Å². The number of rotatable bonds is 10. The summed E-state index contributed by atoms with van der Waals surface area (Å²) < 4.78 is 5.06. The van der Waals surface area contributed by atoms with Crippen LogP contribution in [-0.4, -0.2) is 8.80 Å². The van der Waals surface area contributed by atoms with Gasteiger partial charge in [0, 0.05) is 77.0 Å². The maximum atomic E-state index is 2.53. The lowest BCUT2D eigenvalue weighted by molar-refractivity contribution is 1.28. The van der Waals surface area contributed by atoms with Crippen molar-refractivity contribution in [1.29, 1.82) is 0 Å². The van der Waals surface area contributed by atoms with Gasteiger partial charge in [-0.3, -0.25) is 0 Å². The molecule has 4 heteroatoms. The molecule has 0 aliphatic rings. The van der Waals surface area contributed by atoms with Gasteiger partial charge in [0.05, 0.1) is 44.5 Å². The summed E-state index contributed by atoms with van der Waals surface area (Å²) in [5.41, 5.74) is 23.4. The van der Waals surface area contributed by atoms with E-state index in [1.807, 2.05) is 0 Å². The Balaban J connectivity index is 0.834. The van der Waals surface area contributed by atoms with E-state index in [1.54, 1.807) is 0 Å². The van der Waals surface area contributed by atoms with Gasteiger partial charge >= 0.3 is 0 Å². The predicted octanol–water partition coefficient (Wildman–Crippen LogP) is 21.6. The van der Waals surface area contributed by atoms with Crippen LogP contribution in [0.3, 0.4) is 0 Å². The number of benzene rings is 13. The van der Waals surface area contributed by atoms with Crippen molar-refractivity contribution < 1.29 is 0 Å². The molecule has 382 valence electrons. The van der Waals surface area contributed by atoms with Gasteiger partial charge < -0.3 is 18.6 Å². The molecule has 0 aliphatic heterocycles. The first-order valence-electron chi connectivity index (χ1n) is 28.2. The molecule has 4 nitrogen and oxygen atoms in total. The molecule has 0 aliphatic carbocycles. The van der Waals surface area contributed by atoms with Crippen LogP contribution in [0, 0.1) is 0 Å². The normalized spacial score (nSPS) is 11.9. The van der Waals surface area contributed by atoms with E-state index < -0.39 is 0 Å². The summed E-state index contributed by atoms with van der Waals surface area (Å²) in [6.07, 6.45) is 0. The van der Waals surface area contributed by atoms with E-state index >= 15 is 0 Å². The zero-order valence-electron chi connectivity index (χ0n) is 44.7. The van der Waals surface area contributed by atoms with Gasteiger partial charge in [0.15, 0.2) is 0 Å². The fourth-order valence-electron chi connectivity index (χ4n) is 13.5. The fraction of sp³-hybridized carbons (Fsp3) is 0. The Bertz CT molecular complexity index is 4910. The van der Waals surface area contributed by atoms with Gasteiger partial charge in [-0.1, -0.05) is 206 Å². The first-order chi connectivity index (χ1) is 40.7. The number of anilines is 6. The average molecular weight is 1040 g/mol. The van der Waals surface area contributed by atoms with Crippen LogP contribution in [0.2, 0.25) is 0 Å². The highest BCUT2D eigenvalue weighted by atomic mass is 15.2. The van der Waals surface area contributed by atoms with Gasteiger partial charge in [-0.2, -0.15) is 0 Å². The van der Waals surface area contributed by atoms with Crippen LogP contribution in [0.25, 0.3) is 121 Å². The monoisotopic (exact) mass is 1040 g/mol. The third-order valence-electron chi connectivity index (χ3n) is 17.1. The van der Waals surface area contributed by atoms with Crippen molar-refractivity contribution >= 4 is 110 Å². The molecule has 82 heavy (non-hydrogen) atoms. The molecule has 4 aromatic heterocycles. The third kappa shape index (κ3) is 7.05. The van der Waals surface area contributed by atoms with E-state index in [4.69, 9.17) is 0 Å². The van der Waals surface area contributed by atoms with Gasteiger partial charge in [0.1, 0.15) is 0 Å². The van der Waals surface area contributed by atoms with Crippen molar-refractivity contribution in [2.75, 3.05) is 9.80 Å². The molecule has 4 heterocycles. The second-order valence-corrected chi connectivity index (χ2v) is 21.6. The van der Waals surface area contributed by atoms with Crippen LogP contribution in [0.5, 0.6) is 0 Å². The number of para-hydroxylation sites is 4. The Morgan fingerprint density at radius 2 is 0.524 bits per heavy atom. The smallest absolute Gasteiger partial charge is 0.0620 e. The first-order valence-corrected chi connectivity index (χ1v) is 28.2. The SMILES string of the molecule is c1ccc(-c2ccc(N(c3ccccc3)c3ccc4c(c3)c3cccc5c6cc7c(cc6n4c35)c3cccc4c5cc(N(c6ccccc6)c6ccc(-c8ccccc8)cc6-c6ccccc6)ccc5n7c43)c(-c3ccccc3)c2)cc1. The molecule has 0 N–H and O–H groups in total. The minimum atomic E-state index is 1.10. The second kappa shape index (κ2) is 18.3. The molecule has 17 aromatic rings. The lowest BCUT2D eigenvalue weighted by Gasteiger charge is -2.28. The van der Waals surface area contributed by atoms with Crippen molar-refractivity contribution in [2.45, 2.75) is 0 Å². The number of fused-ring (bicyclic) bond motifs is 12. The zero-order valence-corrected chi connectivity index (χ0v) is 44.7. The Kier molecular flexibility index (Phi) is 10.3. The Labute approximate surface area is 474 Å². The van der Waals surface area contributed by atoms with E-state index in [2.05, 4.69) is 322 Å². The molecule has 0 spiro atoms. The Hall–Kier alpha value is -10.9. The summed E-state index contributed by atoms with van der Waals surface area (Å²) in [6, 6.07) is 111. The minimum Gasteiger partial charge on any atom is -0.310 e. The van der Waals surface area contributed by atoms with Gasteiger partial charge in [-0.15, -0.1) is 0 Å². The second-order valence-electron chi connectivity index (χ2n) is 21.6. The molecule has 0 unspecified atom stereocenters. The Morgan fingerprint density at radius 1 is 0.195 bits per heavy atom. The summed E-state index contributed by atoms with van der Waals surface area (Å²) in [6.45, 7) is 0. The van der Waals surface area contributed by atoms with Crippen molar-refractivity contribution in [3.8, 4) is 44.5 Å². The number of nitrogens with zero attached hydrogens (tertiary/aromatic N) is 4. The van der Waals surface area contributed by atoms with Crippen LogP contribution in [0.4, 0.5) is 34.1 Å². The lowest BCUT2D eigenvalue weighted by atomic mass is 9.96. The summed E-state index contributed by atoms with van der Waals surface area (Å²) in [5, 5.41) is 9.97. The number of hydrogen-bond donors (Lipinski definition) is 0. The van der Waals surface area contributed by atoms with E-state index in [1.165, 1.54) is 121 Å². The van der Waals surface area contributed by atoms with E-state index in [9.17, 15) is 0 Å². The quantitative estimate of drug-likeness (QED) is 0.136. The molecule has 13 aromatic carbocycles. The van der Waals surface area contributed by atoms with E-state index in [-0.39, 0.29) is 0 Å². The molecular formula is C78H50N4. The van der Waals surface area contributed by atoms with Crippen LogP contribution < -0.4 is 9.80 Å². The van der Waals surface area contributed by atoms with Crippen molar-refractivity contribution in [1.82, 2.24) is 8.80 Å². The largest absolute Gasteiger partial charge is 0.310 e. The topological polar surface area (TPSA) is 15.3 Å². The predicted molar refractivity (Wildman–Crippen MR) is 347 cm³/mol. The van der Waals surface area contributed by atoms with Crippen molar-refractivity contribution in [3.05, 3.63) is 303 Å². The van der Waals surface area contributed by atoms with Crippen molar-refractivity contribution in [2.24, 2.45) is 0 Å². The Morgan fingerprint density at radius 3 is 0.890 bits per heavy atom. The van der Waals surface area contributed by atoms with Crippen LogP contribution in [0.15, 0.2) is 303 Å². The lowest BCUT2D eigenvalue weighted by Crippen LogP contribution is -2.11. The fourth-order valence-corrected chi connectivity index (χ4v) is 13.5. The average Bonchev–Trinajstić information content (AvgIpc) is 2.21. The number of hydrogen-bond acceptors (Lipinski definition) is 2. The highest BCUT2D eigenvalue weighted by Crippen LogP contribution is 2.50. The van der Waals surface area contributed by atoms with Crippen LogP contribution in [-0.2, 0) is 0 Å². The van der Waals surface area contributed by atoms with Crippen molar-refractivity contribution in [3.63, 3.8) is 0 Å². The molecule has 17 rings (SSSR count). The molecule has 0 saturated carbocycles. The van der Waals surface area contributed by atoms with Crippen LogP contribution >= 0.6 is 0 Å². The van der Waals surface area contributed by atoms with Gasteiger partial charge in [0.2, 0.25) is 0 Å². The summed E-state index contributed by atoms with van der Waals surface area (Å²) in [4.78, 5) is 4.87. The molecule has 0 saturated heterocycles. The zero-order chi connectivity index (χ0) is 53.8. The van der Waals surface area contributed by atoms with Gasteiger partial charge in [-0.05, 0) is 130 Å². The molecule has 0 radical (unpaired) electrons. The summed E-state index contributed by atoms with van der Waals surface area (Å²) >= 11 is 0. The molecular weight excluding hydrogens is 993 g/mol. The van der Waals surface area contributed by atoms with E-state index in [0.29, 0.717) is 0 Å². The maximum absolute atomic E-state index is 2.53. The first kappa shape index (κ1) is 46.0. The highest BCUT2D eigenvalue weighted by Gasteiger charge is 2.26. The van der Waals surface area contributed by atoms with Crippen LogP contribution in [0.1, 0.15) is 0 Å². The summed E-state index contributed by atoms with van der Waals surface area (Å²) in [7, 11) is 0. The van der Waals surface area contributed by atoms with Gasteiger partial charge in [0.25, 0.3) is 0 Å². The third-order valence-corrected chi connectivity index (χ3v) is 17.1. The highest BCUT2D eigenvalue weighted by molar-refractivity contribution is 6.29.